The van der Waals surface area contributed by atoms with E-state index in [9.17, 15) is 31.2 Å². The minimum atomic E-state index is -4.91. The number of pyridine rings is 1. The van der Waals surface area contributed by atoms with Crippen LogP contribution in [-0.2, 0) is 19.6 Å². The average Bonchev–Trinajstić information content (AvgIpc) is 2.82. The summed E-state index contributed by atoms with van der Waals surface area (Å²) >= 11 is 0. The van der Waals surface area contributed by atoms with E-state index >= 15 is 0 Å². The molecule has 1 heterocycles. The van der Waals surface area contributed by atoms with Crippen molar-refractivity contribution in [1.82, 2.24) is 9.71 Å². The van der Waals surface area contributed by atoms with Crippen molar-refractivity contribution in [3.63, 3.8) is 0 Å². The maximum atomic E-state index is 13.1. The van der Waals surface area contributed by atoms with Gasteiger partial charge in [0, 0.05) is 11.8 Å². The molecule has 3 aromatic rings. The number of amides is 1. The molecule has 12 heteroatoms. The van der Waals surface area contributed by atoms with Crippen LogP contribution in [0.3, 0.4) is 0 Å². The summed E-state index contributed by atoms with van der Waals surface area (Å²) in [4.78, 5) is 28.2. The second kappa shape index (κ2) is 12.2. The Morgan fingerprint density at radius 2 is 1.73 bits per heavy atom. The number of halogens is 3. The summed E-state index contributed by atoms with van der Waals surface area (Å²) in [7, 11) is -4.27. The van der Waals surface area contributed by atoms with Gasteiger partial charge < -0.3 is 14.8 Å². The number of ketones is 1. The van der Waals surface area contributed by atoms with Gasteiger partial charge in [-0.1, -0.05) is 31.0 Å². The van der Waals surface area contributed by atoms with E-state index in [0.717, 1.165) is 35.2 Å². The summed E-state index contributed by atoms with van der Waals surface area (Å²) < 4.78 is 69.2. The van der Waals surface area contributed by atoms with Crippen molar-refractivity contribution >= 4 is 38.3 Å². The number of benzene rings is 2. The minimum absolute atomic E-state index is 0.0387. The van der Waals surface area contributed by atoms with Crippen LogP contribution in [0.1, 0.15) is 39.0 Å². The van der Waals surface area contributed by atoms with Crippen molar-refractivity contribution < 1.29 is 35.9 Å². The summed E-state index contributed by atoms with van der Waals surface area (Å²) in [5.41, 5.74) is 1.10. The molecule has 1 atom stereocenters. The van der Waals surface area contributed by atoms with E-state index in [1.54, 1.807) is 6.07 Å². The first-order chi connectivity index (χ1) is 17.4. The van der Waals surface area contributed by atoms with Gasteiger partial charge in [-0.25, -0.2) is 8.42 Å². The molecule has 0 fully saturated rings. The van der Waals surface area contributed by atoms with Gasteiger partial charge in [0.1, 0.15) is 17.6 Å². The summed E-state index contributed by atoms with van der Waals surface area (Å²) in [6.45, 7) is 1.48. The molecule has 0 aliphatic carbocycles. The van der Waals surface area contributed by atoms with E-state index in [1.807, 2.05) is 24.3 Å². The highest BCUT2D eigenvalue weighted by Crippen LogP contribution is 2.24. The zero-order chi connectivity index (χ0) is 27.1. The SMILES string of the molecule is CC(=O)CCCCC[C@H](NS(=O)(=O)c1ccc(OC(F)(F)F)cc1)C(=O)Nc1cnc2ccccc2c1. The van der Waals surface area contributed by atoms with Gasteiger partial charge in [0.05, 0.1) is 22.3 Å². The Hall–Kier alpha value is -3.51. The monoisotopic (exact) mass is 537 g/mol. The molecule has 0 bridgehead atoms. The van der Waals surface area contributed by atoms with Crippen LogP contribution in [0.25, 0.3) is 10.9 Å². The number of Topliss-reactive ketones (excluding diaryl/α,β-unsaturated/α-hetero) is 1. The number of para-hydroxylation sites is 1. The number of ether oxygens (including phenoxy) is 1. The number of rotatable bonds is 12. The van der Waals surface area contributed by atoms with Gasteiger partial charge in [0.2, 0.25) is 15.9 Å². The van der Waals surface area contributed by atoms with E-state index in [-0.39, 0.29) is 17.1 Å². The second-order valence-electron chi connectivity index (χ2n) is 8.40. The van der Waals surface area contributed by atoms with Crippen molar-refractivity contribution in [3.8, 4) is 5.75 Å². The molecule has 0 aliphatic rings. The lowest BCUT2D eigenvalue weighted by molar-refractivity contribution is -0.274. The number of aromatic nitrogens is 1. The lowest BCUT2D eigenvalue weighted by atomic mass is 10.1. The quantitative estimate of drug-likeness (QED) is 0.316. The number of hydrogen-bond acceptors (Lipinski definition) is 6. The molecule has 0 saturated carbocycles. The summed E-state index contributed by atoms with van der Waals surface area (Å²) in [6.07, 6.45) is -1.27. The van der Waals surface area contributed by atoms with Crippen LogP contribution in [0.2, 0.25) is 0 Å². The molecule has 198 valence electrons. The second-order valence-corrected chi connectivity index (χ2v) is 10.1. The number of unbranched alkanes of at least 4 members (excludes halogenated alkanes) is 2. The number of carbonyl (C=O) groups excluding carboxylic acids is 2. The molecular formula is C25H26F3N3O5S. The van der Waals surface area contributed by atoms with E-state index in [2.05, 4.69) is 19.8 Å². The normalized spacial score (nSPS) is 12.8. The molecule has 0 unspecified atom stereocenters. The third-order valence-corrected chi connectivity index (χ3v) is 6.85. The average molecular weight is 538 g/mol. The number of nitrogens with one attached hydrogen (secondary N) is 2. The number of alkyl halides is 3. The third kappa shape index (κ3) is 8.83. The Balaban J connectivity index is 1.75. The topological polar surface area (TPSA) is 114 Å². The molecule has 2 N–H and O–H groups in total. The Bertz CT molecular complexity index is 1350. The van der Waals surface area contributed by atoms with Gasteiger partial charge >= 0.3 is 6.36 Å². The van der Waals surface area contributed by atoms with Crippen molar-refractivity contribution in [2.24, 2.45) is 0 Å². The lowest BCUT2D eigenvalue weighted by Gasteiger charge is -2.19. The molecule has 0 spiro atoms. The first-order valence-electron chi connectivity index (χ1n) is 11.5. The van der Waals surface area contributed by atoms with Gasteiger partial charge in [-0.05, 0) is 56.2 Å². The lowest BCUT2D eigenvalue weighted by Crippen LogP contribution is -2.43. The van der Waals surface area contributed by atoms with Crippen LogP contribution >= 0.6 is 0 Å². The van der Waals surface area contributed by atoms with Gasteiger partial charge in [-0.15, -0.1) is 13.2 Å². The molecule has 0 saturated heterocycles. The maximum Gasteiger partial charge on any atom is 0.573 e. The zero-order valence-electron chi connectivity index (χ0n) is 19.9. The molecule has 0 aliphatic heterocycles. The Labute approximate surface area is 212 Å². The fourth-order valence-electron chi connectivity index (χ4n) is 3.59. The number of carbonyl (C=O) groups is 2. The summed E-state index contributed by atoms with van der Waals surface area (Å²) in [5.74, 6) is -1.16. The highest BCUT2D eigenvalue weighted by Gasteiger charge is 2.31. The van der Waals surface area contributed by atoms with Crippen molar-refractivity contribution in [3.05, 3.63) is 60.8 Å². The number of nitrogens with zero attached hydrogens (tertiary/aromatic N) is 1. The van der Waals surface area contributed by atoms with Crippen LogP contribution in [0.5, 0.6) is 5.75 Å². The number of sulfonamides is 1. The van der Waals surface area contributed by atoms with Gasteiger partial charge in [-0.3, -0.25) is 9.78 Å². The van der Waals surface area contributed by atoms with Gasteiger partial charge in [0.25, 0.3) is 0 Å². The third-order valence-electron chi connectivity index (χ3n) is 5.36. The highest BCUT2D eigenvalue weighted by atomic mass is 32.2. The Morgan fingerprint density at radius 1 is 1.03 bits per heavy atom. The standard InChI is InChI=1S/C25H26F3N3O5S/c1-17(32)7-3-2-4-10-23(24(33)30-19-15-18-8-5-6-9-22(18)29-16-19)31-37(34,35)21-13-11-20(12-14-21)36-25(26,27)28/h5-6,8-9,11-16,23,31H,2-4,7,10H2,1H3,(H,30,33)/t23-/m0/s1. The maximum absolute atomic E-state index is 13.1. The minimum Gasteiger partial charge on any atom is -0.406 e. The van der Waals surface area contributed by atoms with E-state index in [0.29, 0.717) is 31.4 Å². The predicted octanol–water partition coefficient (Wildman–Crippen LogP) is 4.96. The molecule has 8 nitrogen and oxygen atoms in total. The first kappa shape index (κ1) is 28.1. The number of fused-ring (bicyclic) bond motifs is 1. The van der Waals surface area contributed by atoms with Crippen LogP contribution < -0.4 is 14.8 Å². The molecule has 1 amide bonds. The van der Waals surface area contributed by atoms with Crippen LogP contribution in [-0.4, -0.2) is 37.5 Å². The van der Waals surface area contributed by atoms with Crippen LogP contribution in [0, 0.1) is 0 Å². The highest BCUT2D eigenvalue weighted by molar-refractivity contribution is 7.89. The predicted molar refractivity (Wildman–Crippen MR) is 131 cm³/mol. The molecule has 3 rings (SSSR count). The number of hydrogen-bond donors (Lipinski definition) is 2. The molecule has 2 aromatic carbocycles. The van der Waals surface area contributed by atoms with Crippen molar-refractivity contribution in [1.29, 1.82) is 0 Å². The van der Waals surface area contributed by atoms with E-state index < -0.39 is 34.1 Å². The fraction of sp³-hybridized carbons (Fsp3) is 0.320. The largest absolute Gasteiger partial charge is 0.573 e. The van der Waals surface area contributed by atoms with Crippen LogP contribution in [0.15, 0.2) is 65.7 Å². The van der Waals surface area contributed by atoms with E-state index in [4.69, 9.17) is 0 Å². The van der Waals surface area contributed by atoms with Crippen molar-refractivity contribution in [2.75, 3.05) is 5.32 Å². The summed E-state index contributed by atoms with van der Waals surface area (Å²) in [5, 5.41) is 3.46. The van der Waals surface area contributed by atoms with Gasteiger partial charge in [-0.2, -0.15) is 4.72 Å². The van der Waals surface area contributed by atoms with Gasteiger partial charge in [0.15, 0.2) is 0 Å². The first-order valence-corrected chi connectivity index (χ1v) is 12.9. The van der Waals surface area contributed by atoms with Crippen molar-refractivity contribution in [2.45, 2.75) is 56.3 Å². The smallest absolute Gasteiger partial charge is 0.406 e. The van der Waals surface area contributed by atoms with E-state index in [1.165, 1.54) is 13.1 Å². The fourth-order valence-corrected chi connectivity index (χ4v) is 4.82. The molecular weight excluding hydrogens is 511 g/mol. The molecule has 0 radical (unpaired) electrons. The number of anilines is 1. The Morgan fingerprint density at radius 3 is 2.41 bits per heavy atom. The zero-order valence-corrected chi connectivity index (χ0v) is 20.7. The Kier molecular flexibility index (Phi) is 9.22. The van der Waals surface area contributed by atoms with Crippen LogP contribution in [0.4, 0.5) is 18.9 Å². The molecule has 37 heavy (non-hydrogen) atoms. The summed E-state index contributed by atoms with van der Waals surface area (Å²) in [6, 6.07) is 11.5. The molecule has 1 aromatic heterocycles.